The second-order valence-corrected chi connectivity index (χ2v) is 5.10. The zero-order chi connectivity index (χ0) is 18.4. The first-order valence-corrected chi connectivity index (χ1v) is 7.12. The molecule has 136 valence electrons. The monoisotopic (exact) mass is 348 g/mol. The Morgan fingerprint density at radius 1 is 0.833 bits per heavy atom. The number of hydrogen-bond donors (Lipinski definition) is 0. The lowest BCUT2D eigenvalue weighted by molar-refractivity contribution is -0.365. The fourth-order valence-corrected chi connectivity index (χ4v) is 2.18. The molecule has 0 aromatic rings. The maximum Gasteiger partial charge on any atom is 0.339 e. The Bertz CT molecular complexity index is 502. The number of rotatable bonds is 6. The van der Waals surface area contributed by atoms with Crippen LogP contribution in [0.2, 0.25) is 0 Å². The van der Waals surface area contributed by atoms with Gasteiger partial charge in [-0.25, -0.2) is 4.79 Å². The van der Waals surface area contributed by atoms with Gasteiger partial charge in [0.1, 0.15) is 0 Å². The Hall–Kier alpha value is -2.20. The zero-order valence-corrected chi connectivity index (χ0v) is 14.0. The van der Waals surface area contributed by atoms with Crippen molar-refractivity contribution in [2.24, 2.45) is 0 Å². The topological polar surface area (TPSA) is 124 Å². The molecule has 0 aromatic heterocycles. The van der Waals surface area contributed by atoms with Crippen LogP contribution in [0.15, 0.2) is 0 Å². The van der Waals surface area contributed by atoms with E-state index >= 15 is 0 Å². The minimum Gasteiger partial charge on any atom is -0.456 e. The molecule has 0 aliphatic carbocycles. The number of carbonyl (C=O) groups is 4. The van der Waals surface area contributed by atoms with Crippen LogP contribution in [-0.2, 0) is 47.9 Å². The van der Waals surface area contributed by atoms with Gasteiger partial charge < -0.3 is 18.9 Å². The number of esters is 3. The fourth-order valence-electron chi connectivity index (χ4n) is 2.18. The van der Waals surface area contributed by atoms with Crippen LogP contribution in [0.3, 0.4) is 0 Å². The van der Waals surface area contributed by atoms with E-state index in [9.17, 15) is 19.2 Å². The molecule has 0 spiro atoms. The highest BCUT2D eigenvalue weighted by molar-refractivity contribution is 5.68. The van der Waals surface area contributed by atoms with E-state index in [4.69, 9.17) is 23.8 Å². The zero-order valence-electron chi connectivity index (χ0n) is 14.0. The van der Waals surface area contributed by atoms with Crippen LogP contribution in [0.25, 0.3) is 0 Å². The van der Waals surface area contributed by atoms with Gasteiger partial charge in [-0.05, 0) is 6.92 Å². The molecule has 10 heteroatoms. The van der Waals surface area contributed by atoms with Crippen molar-refractivity contribution in [2.45, 2.75) is 65.3 Å². The van der Waals surface area contributed by atoms with E-state index in [0.717, 1.165) is 20.8 Å². The highest BCUT2D eigenvalue weighted by Gasteiger charge is 2.52. The van der Waals surface area contributed by atoms with E-state index in [1.165, 1.54) is 6.92 Å². The molecule has 24 heavy (non-hydrogen) atoms. The van der Waals surface area contributed by atoms with Crippen LogP contribution in [0.1, 0.15) is 34.6 Å². The van der Waals surface area contributed by atoms with Crippen LogP contribution in [0.4, 0.5) is 0 Å². The van der Waals surface area contributed by atoms with Crippen molar-refractivity contribution in [3.63, 3.8) is 0 Å². The van der Waals surface area contributed by atoms with E-state index in [1.54, 1.807) is 6.92 Å². The highest BCUT2D eigenvalue weighted by atomic mass is 17.2. The normalized spacial score (nSPS) is 27.0. The van der Waals surface area contributed by atoms with E-state index in [1.807, 2.05) is 0 Å². The Balaban J connectivity index is 3.03. The largest absolute Gasteiger partial charge is 0.456 e. The molecule has 0 radical (unpaired) electrons. The van der Waals surface area contributed by atoms with Gasteiger partial charge in [0.2, 0.25) is 0 Å². The molecular formula is C14H20O10. The van der Waals surface area contributed by atoms with Crippen LogP contribution < -0.4 is 0 Å². The average molecular weight is 348 g/mol. The van der Waals surface area contributed by atoms with Crippen molar-refractivity contribution in [1.29, 1.82) is 0 Å². The number of hydrogen-bond acceptors (Lipinski definition) is 10. The first kappa shape index (κ1) is 19.8. The molecular weight excluding hydrogens is 328 g/mol. The lowest BCUT2D eigenvalue weighted by Gasteiger charge is -2.26. The van der Waals surface area contributed by atoms with E-state index < -0.39 is 54.6 Å². The van der Waals surface area contributed by atoms with E-state index in [-0.39, 0.29) is 0 Å². The van der Waals surface area contributed by atoms with Gasteiger partial charge in [-0.2, -0.15) is 0 Å². The number of carbonyl (C=O) groups excluding carboxylic acids is 4. The van der Waals surface area contributed by atoms with Crippen molar-refractivity contribution >= 4 is 23.9 Å². The van der Waals surface area contributed by atoms with Gasteiger partial charge in [-0.15, -0.1) is 4.89 Å². The van der Waals surface area contributed by atoms with Crippen molar-refractivity contribution in [3.8, 4) is 0 Å². The fraction of sp³-hybridized carbons (Fsp3) is 0.714. The predicted molar refractivity (Wildman–Crippen MR) is 73.8 cm³/mol. The standard InChI is InChI=1S/C14H20O10/c1-6-11(20-7(2)15)12(21-8(3)16)13(19-6)14(22-9(4)17)24-23-10(5)18/h6,11-14H,1-5H3/t6-,11-,12+,13-,14?/m0/s1. The molecule has 1 saturated heterocycles. The van der Waals surface area contributed by atoms with E-state index in [2.05, 4.69) is 4.89 Å². The third-order valence-corrected chi connectivity index (χ3v) is 2.90. The van der Waals surface area contributed by atoms with E-state index in [0.29, 0.717) is 0 Å². The summed E-state index contributed by atoms with van der Waals surface area (Å²) in [4.78, 5) is 53.9. The van der Waals surface area contributed by atoms with Gasteiger partial charge in [0, 0.05) is 27.7 Å². The minimum absolute atomic E-state index is 0.613. The molecule has 1 unspecified atom stereocenters. The van der Waals surface area contributed by atoms with Crippen molar-refractivity contribution in [2.75, 3.05) is 0 Å². The summed E-state index contributed by atoms with van der Waals surface area (Å²) in [6.07, 6.45) is -5.45. The summed E-state index contributed by atoms with van der Waals surface area (Å²) in [5.74, 6) is -2.83. The SMILES string of the molecule is CC(=O)OOC(OC(C)=O)[C@H]1O[C@@H](C)[C@H](OC(C)=O)[C@H]1OC(C)=O. The Morgan fingerprint density at radius 2 is 1.38 bits per heavy atom. The number of ether oxygens (including phenoxy) is 4. The van der Waals surface area contributed by atoms with Gasteiger partial charge in [0.05, 0.1) is 6.10 Å². The third kappa shape index (κ3) is 5.78. The summed E-state index contributed by atoms with van der Waals surface area (Å²) in [6, 6.07) is 0. The molecule has 1 rings (SSSR count). The van der Waals surface area contributed by atoms with Crippen LogP contribution in [0, 0.1) is 0 Å². The summed E-state index contributed by atoms with van der Waals surface area (Å²) in [5, 5.41) is 0. The molecule has 1 aliphatic rings. The van der Waals surface area contributed by atoms with Crippen LogP contribution in [0.5, 0.6) is 0 Å². The van der Waals surface area contributed by atoms with Crippen molar-refractivity contribution in [1.82, 2.24) is 0 Å². The second kappa shape index (κ2) is 8.60. The second-order valence-electron chi connectivity index (χ2n) is 5.10. The lowest BCUT2D eigenvalue weighted by Crippen LogP contribution is -2.46. The van der Waals surface area contributed by atoms with Gasteiger partial charge in [0.15, 0.2) is 18.3 Å². The maximum absolute atomic E-state index is 11.3. The summed E-state index contributed by atoms with van der Waals surface area (Å²) in [7, 11) is 0. The molecule has 0 amide bonds. The molecule has 0 aromatic carbocycles. The Morgan fingerprint density at radius 3 is 1.83 bits per heavy atom. The van der Waals surface area contributed by atoms with Gasteiger partial charge in [0.25, 0.3) is 6.29 Å². The van der Waals surface area contributed by atoms with Crippen LogP contribution >= 0.6 is 0 Å². The molecule has 0 bridgehead atoms. The molecule has 1 heterocycles. The molecule has 10 nitrogen and oxygen atoms in total. The molecule has 0 N–H and O–H groups in total. The lowest BCUT2D eigenvalue weighted by atomic mass is 10.1. The Labute approximate surface area is 138 Å². The maximum atomic E-state index is 11.3. The van der Waals surface area contributed by atoms with Crippen molar-refractivity contribution in [3.05, 3.63) is 0 Å². The molecule has 5 atom stereocenters. The smallest absolute Gasteiger partial charge is 0.339 e. The van der Waals surface area contributed by atoms with Crippen LogP contribution in [-0.4, -0.2) is 54.6 Å². The molecule has 1 aliphatic heterocycles. The van der Waals surface area contributed by atoms with Gasteiger partial charge in [-0.3, -0.25) is 19.3 Å². The Kier molecular flexibility index (Phi) is 7.11. The van der Waals surface area contributed by atoms with Crippen molar-refractivity contribution < 1.29 is 47.9 Å². The molecule has 1 fully saturated rings. The summed E-state index contributed by atoms with van der Waals surface area (Å²) < 4.78 is 20.7. The summed E-state index contributed by atoms with van der Waals surface area (Å²) in [6.45, 7) is 6.09. The minimum atomic E-state index is -1.52. The molecule has 0 saturated carbocycles. The quantitative estimate of drug-likeness (QED) is 0.213. The summed E-state index contributed by atoms with van der Waals surface area (Å²) >= 11 is 0. The first-order chi connectivity index (χ1) is 11.1. The average Bonchev–Trinajstić information content (AvgIpc) is 2.70. The first-order valence-electron chi connectivity index (χ1n) is 7.12. The van der Waals surface area contributed by atoms with Gasteiger partial charge >= 0.3 is 23.9 Å². The third-order valence-electron chi connectivity index (χ3n) is 2.90. The van der Waals surface area contributed by atoms with Gasteiger partial charge in [-0.1, -0.05) is 0 Å². The highest BCUT2D eigenvalue weighted by Crippen LogP contribution is 2.30. The summed E-state index contributed by atoms with van der Waals surface area (Å²) in [5.41, 5.74) is 0. The predicted octanol–water partition coefficient (Wildman–Crippen LogP) is 0.0210.